The molecule has 0 fully saturated rings. The van der Waals surface area contributed by atoms with Gasteiger partial charge >= 0.3 is 0 Å². The number of aromatic nitrogens is 1. The standard InChI is InChI=1S/C9H12N2OS/c1-11(9(12)13)7-4-8-2-5-10-6-3-8/h2-3,5-6H,4,7H2,1H3,(H,12,13). The number of nitrogens with zero attached hydrogens (tertiary/aromatic N) is 2. The van der Waals surface area contributed by atoms with Crippen LogP contribution in [0.2, 0.25) is 0 Å². The average molecular weight is 196 g/mol. The van der Waals surface area contributed by atoms with Gasteiger partial charge in [-0.1, -0.05) is 12.6 Å². The Labute approximate surface area is 83.2 Å². The first-order chi connectivity index (χ1) is 6.20. The van der Waals surface area contributed by atoms with E-state index >= 15 is 0 Å². The van der Waals surface area contributed by atoms with Crippen molar-refractivity contribution in [3.8, 4) is 0 Å². The van der Waals surface area contributed by atoms with Crippen LogP contribution in [0.25, 0.3) is 0 Å². The van der Waals surface area contributed by atoms with Gasteiger partial charge in [0.2, 0.25) is 0 Å². The van der Waals surface area contributed by atoms with Crippen LogP contribution in [0.1, 0.15) is 5.56 Å². The Morgan fingerprint density at radius 1 is 1.54 bits per heavy atom. The largest absolute Gasteiger partial charge is 0.337 e. The van der Waals surface area contributed by atoms with Crippen LogP contribution in [0.5, 0.6) is 0 Å². The van der Waals surface area contributed by atoms with Crippen LogP contribution < -0.4 is 0 Å². The van der Waals surface area contributed by atoms with Crippen molar-refractivity contribution in [3.63, 3.8) is 0 Å². The summed E-state index contributed by atoms with van der Waals surface area (Å²) in [6.45, 7) is 0.687. The van der Waals surface area contributed by atoms with E-state index in [1.165, 1.54) is 5.56 Å². The third-order valence-corrected chi connectivity index (χ3v) is 2.15. The molecule has 13 heavy (non-hydrogen) atoms. The Morgan fingerprint density at radius 3 is 2.69 bits per heavy atom. The number of pyridine rings is 1. The Morgan fingerprint density at radius 2 is 2.15 bits per heavy atom. The van der Waals surface area contributed by atoms with Gasteiger partial charge in [-0.3, -0.25) is 9.78 Å². The van der Waals surface area contributed by atoms with Crippen molar-refractivity contribution in [2.45, 2.75) is 6.42 Å². The van der Waals surface area contributed by atoms with E-state index in [0.717, 1.165) is 6.42 Å². The molecule has 0 bridgehead atoms. The lowest BCUT2D eigenvalue weighted by molar-refractivity contribution is 0.234. The van der Waals surface area contributed by atoms with Crippen molar-refractivity contribution in [3.05, 3.63) is 30.1 Å². The molecular weight excluding hydrogens is 184 g/mol. The quantitative estimate of drug-likeness (QED) is 0.745. The summed E-state index contributed by atoms with van der Waals surface area (Å²) >= 11 is 3.71. The number of thiol groups is 1. The fraction of sp³-hybridized carbons (Fsp3) is 0.333. The number of carbonyl (C=O) groups excluding carboxylic acids is 1. The van der Waals surface area contributed by atoms with Crippen LogP contribution >= 0.6 is 12.6 Å². The summed E-state index contributed by atoms with van der Waals surface area (Å²) in [6, 6.07) is 3.88. The third kappa shape index (κ3) is 3.46. The van der Waals surface area contributed by atoms with Crippen molar-refractivity contribution in [1.82, 2.24) is 9.88 Å². The van der Waals surface area contributed by atoms with Gasteiger partial charge in [0.05, 0.1) is 0 Å². The van der Waals surface area contributed by atoms with Gasteiger partial charge in [-0.25, -0.2) is 0 Å². The van der Waals surface area contributed by atoms with Crippen LogP contribution in [0.15, 0.2) is 24.5 Å². The highest BCUT2D eigenvalue weighted by molar-refractivity contribution is 7.96. The highest BCUT2D eigenvalue weighted by Crippen LogP contribution is 2.00. The molecule has 0 atom stereocenters. The molecule has 0 saturated heterocycles. The summed E-state index contributed by atoms with van der Waals surface area (Å²) in [5, 5.41) is -0.200. The first-order valence-corrected chi connectivity index (χ1v) is 4.48. The molecule has 0 aliphatic rings. The van der Waals surface area contributed by atoms with E-state index in [9.17, 15) is 4.79 Å². The second-order valence-corrected chi connectivity index (χ2v) is 3.19. The fourth-order valence-corrected chi connectivity index (χ4v) is 1.04. The number of amides is 1. The number of carbonyl (C=O) groups is 1. The fourth-order valence-electron chi connectivity index (χ4n) is 0.942. The topological polar surface area (TPSA) is 33.2 Å². The molecule has 0 saturated carbocycles. The minimum absolute atomic E-state index is 0.200. The van der Waals surface area contributed by atoms with Crippen LogP contribution in [0, 0.1) is 0 Å². The summed E-state index contributed by atoms with van der Waals surface area (Å²) in [5.41, 5.74) is 1.18. The lowest BCUT2D eigenvalue weighted by atomic mass is 10.2. The first kappa shape index (κ1) is 10.1. The summed E-state index contributed by atoms with van der Waals surface area (Å²) in [6.07, 6.45) is 4.33. The molecule has 0 aliphatic carbocycles. The molecule has 0 spiro atoms. The van der Waals surface area contributed by atoms with E-state index in [2.05, 4.69) is 17.6 Å². The summed E-state index contributed by atoms with van der Waals surface area (Å²) in [5.74, 6) is 0. The Kier molecular flexibility index (Phi) is 3.76. The van der Waals surface area contributed by atoms with Gasteiger partial charge in [-0.15, -0.1) is 0 Å². The smallest absolute Gasteiger partial charge is 0.278 e. The normalized spacial score (nSPS) is 9.69. The average Bonchev–Trinajstić information content (AvgIpc) is 2.15. The van der Waals surface area contributed by atoms with E-state index in [1.807, 2.05) is 12.1 Å². The van der Waals surface area contributed by atoms with Crippen LogP contribution in [0.3, 0.4) is 0 Å². The number of hydrogen-bond acceptors (Lipinski definition) is 2. The summed E-state index contributed by atoms with van der Waals surface area (Å²) < 4.78 is 0. The number of hydrogen-bond donors (Lipinski definition) is 1. The van der Waals surface area contributed by atoms with Gasteiger partial charge in [0.1, 0.15) is 0 Å². The maximum atomic E-state index is 10.7. The summed E-state index contributed by atoms with van der Waals surface area (Å²) in [7, 11) is 1.73. The Bertz CT molecular complexity index is 276. The second-order valence-electron chi connectivity index (χ2n) is 2.81. The zero-order valence-electron chi connectivity index (χ0n) is 7.47. The van der Waals surface area contributed by atoms with E-state index in [0.29, 0.717) is 6.54 Å². The Hall–Kier alpha value is -1.03. The van der Waals surface area contributed by atoms with Gasteiger partial charge in [0.25, 0.3) is 5.24 Å². The number of rotatable bonds is 3. The first-order valence-electron chi connectivity index (χ1n) is 4.03. The SMILES string of the molecule is CN(CCc1ccncc1)C(=O)S. The molecule has 4 heteroatoms. The zero-order chi connectivity index (χ0) is 9.68. The Balaban J connectivity index is 2.39. The summed E-state index contributed by atoms with van der Waals surface area (Å²) in [4.78, 5) is 16.2. The molecule has 70 valence electrons. The highest BCUT2D eigenvalue weighted by atomic mass is 32.1. The molecule has 1 rings (SSSR count). The monoisotopic (exact) mass is 196 g/mol. The molecular formula is C9H12N2OS. The van der Waals surface area contributed by atoms with E-state index in [4.69, 9.17) is 0 Å². The molecule has 1 aromatic rings. The molecule has 1 aromatic heterocycles. The molecule has 3 nitrogen and oxygen atoms in total. The van der Waals surface area contributed by atoms with Gasteiger partial charge in [-0.05, 0) is 24.1 Å². The minimum Gasteiger partial charge on any atom is -0.337 e. The van der Waals surface area contributed by atoms with Gasteiger partial charge in [0, 0.05) is 26.0 Å². The molecule has 0 aromatic carbocycles. The molecule has 0 aliphatic heterocycles. The van der Waals surface area contributed by atoms with Crippen molar-refractivity contribution >= 4 is 17.9 Å². The molecule has 0 N–H and O–H groups in total. The van der Waals surface area contributed by atoms with Crippen LogP contribution in [-0.4, -0.2) is 28.7 Å². The van der Waals surface area contributed by atoms with Gasteiger partial charge in [-0.2, -0.15) is 0 Å². The molecule has 0 radical (unpaired) electrons. The zero-order valence-corrected chi connectivity index (χ0v) is 8.37. The van der Waals surface area contributed by atoms with Crippen molar-refractivity contribution < 1.29 is 4.79 Å². The third-order valence-electron chi connectivity index (χ3n) is 1.81. The lowest BCUT2D eigenvalue weighted by Crippen LogP contribution is -2.23. The van der Waals surface area contributed by atoms with Crippen LogP contribution in [-0.2, 0) is 6.42 Å². The van der Waals surface area contributed by atoms with Gasteiger partial charge in [0.15, 0.2) is 0 Å². The van der Waals surface area contributed by atoms with Crippen molar-refractivity contribution in [2.75, 3.05) is 13.6 Å². The maximum Gasteiger partial charge on any atom is 0.278 e. The second kappa shape index (κ2) is 4.87. The predicted octanol–water partition coefficient (Wildman–Crippen LogP) is 1.61. The molecule has 1 amide bonds. The molecule has 0 unspecified atom stereocenters. The molecule has 1 heterocycles. The maximum absolute atomic E-state index is 10.7. The van der Waals surface area contributed by atoms with E-state index in [1.54, 1.807) is 24.3 Å². The van der Waals surface area contributed by atoms with Crippen molar-refractivity contribution in [2.24, 2.45) is 0 Å². The van der Waals surface area contributed by atoms with Gasteiger partial charge < -0.3 is 4.90 Å². The van der Waals surface area contributed by atoms with Crippen LogP contribution in [0.4, 0.5) is 4.79 Å². The number of likely N-dealkylation sites (N-methyl/N-ethyl adjacent to an activating group) is 1. The minimum atomic E-state index is -0.200. The predicted molar refractivity (Wildman–Crippen MR) is 55.0 cm³/mol. The van der Waals surface area contributed by atoms with E-state index < -0.39 is 0 Å². The van der Waals surface area contributed by atoms with Crippen molar-refractivity contribution in [1.29, 1.82) is 0 Å². The lowest BCUT2D eigenvalue weighted by Gasteiger charge is -2.13. The highest BCUT2D eigenvalue weighted by Gasteiger charge is 2.02. The van der Waals surface area contributed by atoms with E-state index in [-0.39, 0.29) is 5.24 Å².